The average Bonchev–Trinajstić information content (AvgIpc) is 2.46. The first-order valence-electron chi connectivity index (χ1n) is 8.79. The fourth-order valence-corrected chi connectivity index (χ4v) is 2.01. The van der Waals surface area contributed by atoms with E-state index in [0.29, 0.717) is 0 Å². The van der Waals surface area contributed by atoms with Gasteiger partial charge in [0, 0.05) is 6.42 Å². The molecule has 0 fully saturated rings. The van der Waals surface area contributed by atoms with Crippen molar-refractivity contribution in [2.75, 3.05) is 7.11 Å². The second-order valence-corrected chi connectivity index (χ2v) is 8.20. The van der Waals surface area contributed by atoms with Gasteiger partial charge in [-0.15, -0.1) is 0 Å². The van der Waals surface area contributed by atoms with Crippen LogP contribution in [0.4, 0.5) is 0 Å². The van der Waals surface area contributed by atoms with E-state index >= 15 is 0 Å². The summed E-state index contributed by atoms with van der Waals surface area (Å²) in [5.41, 5.74) is 2.32. The van der Waals surface area contributed by atoms with E-state index in [0.717, 1.165) is 0 Å². The Labute approximate surface area is 160 Å². The second kappa shape index (κ2) is 10.2. The molecule has 156 valence electrons. The molecular weight excluding hydrogens is 356 g/mol. The molecule has 0 bridgehead atoms. The van der Waals surface area contributed by atoms with E-state index in [-0.39, 0.29) is 19.3 Å². The second-order valence-electron chi connectivity index (χ2n) is 8.20. The quantitative estimate of drug-likeness (QED) is 0.444. The Morgan fingerprint density at radius 1 is 0.926 bits per heavy atom. The number of carbonyl (C=O) groups is 4. The number of hydrogen-bond donors (Lipinski definition) is 2. The van der Waals surface area contributed by atoms with Crippen molar-refractivity contribution in [3.8, 4) is 0 Å². The van der Waals surface area contributed by atoms with Crippen molar-refractivity contribution >= 4 is 23.8 Å². The van der Waals surface area contributed by atoms with Crippen LogP contribution < -0.4 is 11.1 Å². The number of carbonyl (C=O) groups excluding carboxylic acids is 4. The Morgan fingerprint density at radius 2 is 1.41 bits per heavy atom. The molecule has 1 amide bonds. The molecule has 27 heavy (non-hydrogen) atoms. The molecule has 0 rings (SSSR count). The predicted octanol–water partition coefficient (Wildman–Crippen LogP) is 0.108. The zero-order valence-electron chi connectivity index (χ0n) is 17.3. The lowest BCUT2D eigenvalue weighted by atomic mass is 10.1. The molecule has 0 aromatic rings. The van der Waals surface area contributed by atoms with E-state index in [1.54, 1.807) is 41.5 Å². The van der Waals surface area contributed by atoms with E-state index in [1.165, 1.54) is 7.11 Å². The maximum atomic E-state index is 12.2. The standard InChI is InChI=1S/C18H32N2O7/c1-17(2,3)26-13(21)9-8-12(16(24)25-7)20-15(23)11(19)10-14(22)27-18(4,5)6/h11-12H,8-10,19H2,1-7H3,(H,20,23)/p+1/t11-,12-/m0/s1. The van der Waals surface area contributed by atoms with Crippen molar-refractivity contribution in [2.45, 2.75) is 84.1 Å². The minimum Gasteiger partial charge on any atom is -0.467 e. The SMILES string of the molecule is COC(=O)[C@H](CCC(=O)OC(C)(C)C)NC(=O)[C@@H]([NH3+])CC(=O)OC(C)(C)C. The van der Waals surface area contributed by atoms with Gasteiger partial charge >= 0.3 is 17.9 Å². The third kappa shape index (κ3) is 12.0. The predicted molar refractivity (Wildman–Crippen MR) is 96.2 cm³/mol. The zero-order chi connectivity index (χ0) is 21.4. The smallest absolute Gasteiger partial charge is 0.328 e. The van der Waals surface area contributed by atoms with Crippen LogP contribution in [0.15, 0.2) is 0 Å². The molecule has 0 aromatic heterocycles. The van der Waals surface area contributed by atoms with Crippen LogP contribution in [-0.2, 0) is 33.4 Å². The summed E-state index contributed by atoms with van der Waals surface area (Å²) in [6.45, 7) is 10.3. The maximum Gasteiger partial charge on any atom is 0.328 e. The Morgan fingerprint density at radius 3 is 1.85 bits per heavy atom. The fourth-order valence-electron chi connectivity index (χ4n) is 2.01. The van der Waals surface area contributed by atoms with E-state index in [1.807, 2.05) is 0 Å². The molecule has 0 aliphatic rings. The Balaban J connectivity index is 4.75. The molecule has 9 heteroatoms. The van der Waals surface area contributed by atoms with Gasteiger partial charge in [0.05, 0.1) is 7.11 Å². The first-order valence-corrected chi connectivity index (χ1v) is 8.79. The van der Waals surface area contributed by atoms with Gasteiger partial charge in [-0.05, 0) is 48.0 Å². The van der Waals surface area contributed by atoms with Crippen LogP contribution in [0.5, 0.6) is 0 Å². The average molecular weight is 389 g/mol. The van der Waals surface area contributed by atoms with Crippen LogP contribution in [0.1, 0.15) is 60.8 Å². The summed E-state index contributed by atoms with van der Waals surface area (Å²) in [5.74, 6) is -2.37. The first kappa shape index (κ1) is 24.8. The normalized spacial score (nSPS) is 13.9. The fraction of sp³-hybridized carbons (Fsp3) is 0.778. The summed E-state index contributed by atoms with van der Waals surface area (Å²) in [6, 6.07) is -1.99. The molecule has 0 aromatic carbocycles. The monoisotopic (exact) mass is 389 g/mol. The first-order chi connectivity index (χ1) is 12.1. The molecule has 0 aliphatic carbocycles. The van der Waals surface area contributed by atoms with Crippen molar-refractivity contribution in [3.05, 3.63) is 0 Å². The Kier molecular flexibility index (Phi) is 9.43. The Hall–Kier alpha value is -2.16. The van der Waals surface area contributed by atoms with Gasteiger partial charge in [0.2, 0.25) is 0 Å². The minimum absolute atomic E-state index is 0.00643. The molecular formula is C18H33N2O7+. The summed E-state index contributed by atoms with van der Waals surface area (Å²) in [7, 11) is 1.18. The summed E-state index contributed by atoms with van der Waals surface area (Å²) >= 11 is 0. The van der Waals surface area contributed by atoms with Crippen molar-refractivity contribution in [1.82, 2.24) is 5.32 Å². The van der Waals surface area contributed by atoms with E-state index < -0.39 is 47.1 Å². The van der Waals surface area contributed by atoms with Gasteiger partial charge in [-0.1, -0.05) is 0 Å². The van der Waals surface area contributed by atoms with Crippen LogP contribution in [-0.4, -0.2) is 54.2 Å². The van der Waals surface area contributed by atoms with Gasteiger partial charge in [-0.2, -0.15) is 0 Å². The highest BCUT2D eigenvalue weighted by molar-refractivity contribution is 5.89. The van der Waals surface area contributed by atoms with E-state index in [9.17, 15) is 19.2 Å². The van der Waals surface area contributed by atoms with Gasteiger partial charge in [-0.25, -0.2) is 4.79 Å². The lowest BCUT2D eigenvalue weighted by Crippen LogP contribution is -2.69. The summed E-state index contributed by atoms with van der Waals surface area (Å²) in [4.78, 5) is 47.7. The third-order valence-electron chi connectivity index (χ3n) is 3.06. The molecule has 4 N–H and O–H groups in total. The van der Waals surface area contributed by atoms with E-state index in [4.69, 9.17) is 9.47 Å². The number of methoxy groups -OCH3 is 1. The lowest BCUT2D eigenvalue weighted by molar-refractivity contribution is -0.403. The molecule has 0 saturated heterocycles. The highest BCUT2D eigenvalue weighted by Gasteiger charge is 2.30. The number of rotatable bonds is 8. The number of hydrogen-bond acceptors (Lipinski definition) is 7. The number of quaternary nitrogens is 1. The van der Waals surface area contributed by atoms with Crippen LogP contribution >= 0.6 is 0 Å². The molecule has 2 atom stereocenters. The molecule has 0 heterocycles. The summed E-state index contributed by atoms with van der Waals surface area (Å²) in [6.07, 6.45) is -0.305. The van der Waals surface area contributed by atoms with Gasteiger partial charge in [0.15, 0.2) is 6.04 Å². The molecule has 0 saturated carbocycles. The minimum atomic E-state index is -1.04. The molecule has 9 nitrogen and oxygen atoms in total. The van der Waals surface area contributed by atoms with Crippen LogP contribution in [0.2, 0.25) is 0 Å². The van der Waals surface area contributed by atoms with Crippen molar-refractivity contribution in [1.29, 1.82) is 0 Å². The third-order valence-corrected chi connectivity index (χ3v) is 3.06. The number of ether oxygens (including phenoxy) is 3. The van der Waals surface area contributed by atoms with Gasteiger partial charge < -0.3 is 25.3 Å². The summed E-state index contributed by atoms with van der Waals surface area (Å²) in [5, 5.41) is 2.46. The van der Waals surface area contributed by atoms with Crippen molar-refractivity contribution < 1.29 is 39.1 Å². The molecule has 0 unspecified atom stereocenters. The highest BCUT2D eigenvalue weighted by Crippen LogP contribution is 2.11. The topological polar surface area (TPSA) is 136 Å². The van der Waals surface area contributed by atoms with Crippen LogP contribution in [0.25, 0.3) is 0 Å². The van der Waals surface area contributed by atoms with Gasteiger partial charge in [0.1, 0.15) is 23.7 Å². The van der Waals surface area contributed by atoms with Crippen molar-refractivity contribution in [3.63, 3.8) is 0 Å². The zero-order valence-corrected chi connectivity index (χ0v) is 17.3. The van der Waals surface area contributed by atoms with E-state index in [2.05, 4.69) is 15.8 Å². The number of amides is 1. The molecule has 0 aliphatic heterocycles. The number of esters is 3. The van der Waals surface area contributed by atoms with Crippen LogP contribution in [0, 0.1) is 0 Å². The van der Waals surface area contributed by atoms with Gasteiger partial charge in [-0.3, -0.25) is 14.4 Å². The largest absolute Gasteiger partial charge is 0.467 e. The van der Waals surface area contributed by atoms with Gasteiger partial charge in [0.25, 0.3) is 5.91 Å². The molecule has 0 spiro atoms. The van der Waals surface area contributed by atoms with Crippen LogP contribution in [0.3, 0.4) is 0 Å². The maximum absolute atomic E-state index is 12.2. The summed E-state index contributed by atoms with van der Waals surface area (Å²) < 4.78 is 15.0. The number of nitrogens with one attached hydrogen (secondary N) is 1. The highest BCUT2D eigenvalue weighted by atomic mass is 16.6. The van der Waals surface area contributed by atoms with Crippen molar-refractivity contribution in [2.24, 2.45) is 0 Å². The Bertz CT molecular complexity index is 547. The molecule has 0 radical (unpaired) electrons. The lowest BCUT2D eigenvalue weighted by Gasteiger charge is -2.22.